The summed E-state index contributed by atoms with van der Waals surface area (Å²) in [6.45, 7) is 0. The number of hydrogen-bond acceptors (Lipinski definition) is 4. The molecule has 2 rings (SSSR count). The van der Waals surface area contributed by atoms with Gasteiger partial charge < -0.3 is 10.1 Å². The first-order valence-electron chi connectivity index (χ1n) is 5.34. The second-order valence-electron chi connectivity index (χ2n) is 3.58. The molecule has 0 spiro atoms. The molecular formula is C12H10F3N3O. The van der Waals surface area contributed by atoms with Gasteiger partial charge in [0.2, 0.25) is 0 Å². The molecule has 0 atom stereocenters. The van der Waals surface area contributed by atoms with Crippen LogP contribution in [0.25, 0.3) is 11.3 Å². The van der Waals surface area contributed by atoms with Gasteiger partial charge >= 0.3 is 6.36 Å². The van der Waals surface area contributed by atoms with Crippen LogP contribution < -0.4 is 10.1 Å². The van der Waals surface area contributed by atoms with Gasteiger partial charge in [-0.15, -0.1) is 13.2 Å². The molecule has 19 heavy (non-hydrogen) atoms. The number of ether oxygens (including phenoxy) is 1. The minimum absolute atomic E-state index is 0.226. The van der Waals surface area contributed by atoms with Crippen molar-refractivity contribution in [2.24, 2.45) is 0 Å². The standard InChI is InChI=1S/C12H10F3N3O/c1-16-11-7-17-6-9(18-11)8-4-2-3-5-10(8)19-12(13,14)15/h2-7H,1H3,(H,16,18). The number of nitrogens with one attached hydrogen (secondary N) is 1. The lowest BCUT2D eigenvalue weighted by molar-refractivity contribution is -0.274. The molecule has 1 N–H and O–H groups in total. The Kier molecular flexibility index (Phi) is 3.55. The number of alkyl halides is 3. The molecule has 0 bridgehead atoms. The maximum Gasteiger partial charge on any atom is 0.573 e. The number of benzene rings is 1. The Morgan fingerprint density at radius 2 is 1.89 bits per heavy atom. The lowest BCUT2D eigenvalue weighted by Gasteiger charge is -2.12. The van der Waals surface area contributed by atoms with E-state index in [1.165, 1.54) is 30.6 Å². The highest BCUT2D eigenvalue weighted by atomic mass is 19.4. The molecule has 2 aromatic rings. The van der Waals surface area contributed by atoms with Crippen LogP contribution >= 0.6 is 0 Å². The van der Waals surface area contributed by atoms with E-state index < -0.39 is 6.36 Å². The van der Waals surface area contributed by atoms with Gasteiger partial charge in [0.15, 0.2) is 0 Å². The number of aromatic nitrogens is 2. The van der Waals surface area contributed by atoms with E-state index in [0.29, 0.717) is 11.5 Å². The summed E-state index contributed by atoms with van der Waals surface area (Å²) in [6.07, 6.45) is -1.90. The third-order valence-electron chi connectivity index (χ3n) is 2.28. The van der Waals surface area contributed by atoms with E-state index in [0.717, 1.165) is 0 Å². The topological polar surface area (TPSA) is 47.0 Å². The number of rotatable bonds is 3. The van der Waals surface area contributed by atoms with Gasteiger partial charge in [-0.2, -0.15) is 0 Å². The van der Waals surface area contributed by atoms with Gasteiger partial charge in [0.25, 0.3) is 0 Å². The Labute approximate surface area is 107 Å². The predicted molar refractivity (Wildman–Crippen MR) is 63.7 cm³/mol. The highest BCUT2D eigenvalue weighted by Gasteiger charge is 2.32. The molecular weight excluding hydrogens is 259 g/mol. The fourth-order valence-electron chi connectivity index (χ4n) is 1.51. The van der Waals surface area contributed by atoms with Crippen LogP contribution in [0.4, 0.5) is 19.0 Å². The van der Waals surface area contributed by atoms with E-state index in [4.69, 9.17) is 0 Å². The summed E-state index contributed by atoms with van der Waals surface area (Å²) in [5.74, 6) is 0.150. The van der Waals surface area contributed by atoms with Gasteiger partial charge in [-0.1, -0.05) is 12.1 Å². The molecule has 7 heteroatoms. The number of para-hydroxylation sites is 1. The average molecular weight is 269 g/mol. The van der Waals surface area contributed by atoms with E-state index >= 15 is 0 Å². The zero-order valence-corrected chi connectivity index (χ0v) is 9.90. The molecule has 0 saturated carbocycles. The van der Waals surface area contributed by atoms with E-state index in [9.17, 15) is 13.2 Å². The summed E-state index contributed by atoms with van der Waals surface area (Å²) in [7, 11) is 1.64. The number of halogens is 3. The molecule has 100 valence electrons. The van der Waals surface area contributed by atoms with Crippen LogP contribution in [0, 0.1) is 0 Å². The minimum atomic E-state index is -4.75. The van der Waals surface area contributed by atoms with Gasteiger partial charge in [-0.3, -0.25) is 4.98 Å². The van der Waals surface area contributed by atoms with Crippen LogP contribution in [0.5, 0.6) is 5.75 Å². The summed E-state index contributed by atoms with van der Waals surface area (Å²) >= 11 is 0. The summed E-state index contributed by atoms with van der Waals surface area (Å²) in [5.41, 5.74) is 0.524. The van der Waals surface area contributed by atoms with Crippen LogP contribution in [-0.2, 0) is 0 Å². The third kappa shape index (κ3) is 3.34. The first kappa shape index (κ1) is 13.1. The zero-order chi connectivity index (χ0) is 13.9. The Balaban J connectivity index is 2.44. The maximum absolute atomic E-state index is 12.3. The lowest BCUT2D eigenvalue weighted by atomic mass is 10.1. The van der Waals surface area contributed by atoms with Crippen molar-refractivity contribution < 1.29 is 17.9 Å². The second kappa shape index (κ2) is 5.13. The fraction of sp³-hybridized carbons (Fsp3) is 0.167. The first-order chi connectivity index (χ1) is 8.99. The molecule has 0 fully saturated rings. The van der Waals surface area contributed by atoms with Crippen molar-refractivity contribution >= 4 is 5.82 Å². The monoisotopic (exact) mass is 269 g/mol. The second-order valence-corrected chi connectivity index (χ2v) is 3.58. The predicted octanol–water partition coefficient (Wildman–Crippen LogP) is 3.08. The van der Waals surface area contributed by atoms with Crippen molar-refractivity contribution in [3.05, 3.63) is 36.7 Å². The first-order valence-corrected chi connectivity index (χ1v) is 5.34. The van der Waals surface area contributed by atoms with E-state index in [1.54, 1.807) is 13.1 Å². The highest BCUT2D eigenvalue weighted by molar-refractivity contribution is 5.67. The normalized spacial score (nSPS) is 11.2. The quantitative estimate of drug-likeness (QED) is 0.930. The summed E-state index contributed by atoms with van der Waals surface area (Å²) in [6, 6.07) is 5.79. The Bertz CT molecular complexity index is 572. The molecule has 0 aliphatic carbocycles. The van der Waals surface area contributed by atoms with Crippen LogP contribution in [0.15, 0.2) is 36.7 Å². The zero-order valence-electron chi connectivity index (χ0n) is 9.90. The molecule has 1 heterocycles. The molecule has 0 amide bonds. The van der Waals surface area contributed by atoms with Crippen LogP contribution in [0.3, 0.4) is 0 Å². The van der Waals surface area contributed by atoms with Gasteiger partial charge in [0, 0.05) is 12.6 Å². The van der Waals surface area contributed by atoms with E-state index in [1.807, 2.05) is 0 Å². The Morgan fingerprint density at radius 1 is 1.16 bits per heavy atom. The molecule has 0 saturated heterocycles. The molecule has 0 radical (unpaired) electrons. The molecule has 0 aliphatic heterocycles. The van der Waals surface area contributed by atoms with Gasteiger partial charge in [0.1, 0.15) is 11.6 Å². The van der Waals surface area contributed by atoms with Crippen molar-refractivity contribution in [3.63, 3.8) is 0 Å². The van der Waals surface area contributed by atoms with Crippen LogP contribution in [0.2, 0.25) is 0 Å². The molecule has 1 aromatic carbocycles. The molecule has 0 aliphatic rings. The van der Waals surface area contributed by atoms with E-state index in [-0.39, 0.29) is 11.3 Å². The number of anilines is 1. The van der Waals surface area contributed by atoms with Gasteiger partial charge in [0.05, 0.1) is 18.1 Å². The van der Waals surface area contributed by atoms with Crippen molar-refractivity contribution in [3.8, 4) is 17.0 Å². The van der Waals surface area contributed by atoms with Gasteiger partial charge in [-0.05, 0) is 12.1 Å². The summed E-state index contributed by atoms with van der Waals surface area (Å²) in [5, 5.41) is 2.77. The average Bonchev–Trinajstić information content (AvgIpc) is 2.37. The number of hydrogen-bond donors (Lipinski definition) is 1. The Morgan fingerprint density at radius 3 is 2.58 bits per heavy atom. The Hall–Kier alpha value is -2.31. The minimum Gasteiger partial charge on any atom is -0.405 e. The van der Waals surface area contributed by atoms with Crippen LogP contribution in [0.1, 0.15) is 0 Å². The number of nitrogens with zero attached hydrogens (tertiary/aromatic N) is 2. The summed E-state index contributed by atoms with van der Waals surface area (Å²) in [4.78, 5) is 8.04. The smallest absolute Gasteiger partial charge is 0.405 e. The van der Waals surface area contributed by atoms with Crippen molar-refractivity contribution in [2.45, 2.75) is 6.36 Å². The largest absolute Gasteiger partial charge is 0.573 e. The lowest BCUT2D eigenvalue weighted by Crippen LogP contribution is -2.17. The molecule has 1 aromatic heterocycles. The fourth-order valence-corrected chi connectivity index (χ4v) is 1.51. The molecule has 4 nitrogen and oxygen atoms in total. The highest BCUT2D eigenvalue weighted by Crippen LogP contribution is 2.32. The van der Waals surface area contributed by atoms with Crippen molar-refractivity contribution in [1.82, 2.24) is 9.97 Å². The summed E-state index contributed by atoms with van der Waals surface area (Å²) < 4.78 is 40.9. The van der Waals surface area contributed by atoms with Crippen molar-refractivity contribution in [1.29, 1.82) is 0 Å². The van der Waals surface area contributed by atoms with Crippen LogP contribution in [-0.4, -0.2) is 23.4 Å². The SMILES string of the molecule is CNc1cncc(-c2ccccc2OC(F)(F)F)n1. The van der Waals surface area contributed by atoms with E-state index in [2.05, 4.69) is 20.0 Å². The molecule has 0 unspecified atom stereocenters. The van der Waals surface area contributed by atoms with Gasteiger partial charge in [-0.25, -0.2) is 4.98 Å². The maximum atomic E-state index is 12.3. The third-order valence-corrected chi connectivity index (χ3v) is 2.28. The van der Waals surface area contributed by atoms with Crippen molar-refractivity contribution in [2.75, 3.05) is 12.4 Å².